The number of piperidine rings is 1. The summed E-state index contributed by atoms with van der Waals surface area (Å²) in [6.07, 6.45) is 4.72. The molecule has 4 heterocycles. The minimum absolute atomic E-state index is 0.0897. The Labute approximate surface area is 239 Å². The number of aliphatic hydroxyl groups is 1. The van der Waals surface area contributed by atoms with Crippen LogP contribution in [-0.2, 0) is 24.4 Å². The van der Waals surface area contributed by atoms with Crippen molar-refractivity contribution in [1.29, 1.82) is 0 Å². The lowest BCUT2D eigenvalue weighted by Crippen LogP contribution is -2.42. The molecule has 1 atom stereocenters. The van der Waals surface area contributed by atoms with Crippen LogP contribution in [0.15, 0.2) is 41.4 Å². The van der Waals surface area contributed by atoms with E-state index >= 15 is 0 Å². The number of hydrogen-bond acceptors (Lipinski definition) is 10. The van der Waals surface area contributed by atoms with Gasteiger partial charge in [-0.15, -0.1) is 0 Å². The van der Waals surface area contributed by atoms with Crippen molar-refractivity contribution in [2.75, 3.05) is 38.0 Å². The van der Waals surface area contributed by atoms with Crippen molar-refractivity contribution in [2.24, 2.45) is 0 Å². The Morgan fingerprint density at radius 1 is 1.17 bits per heavy atom. The van der Waals surface area contributed by atoms with E-state index in [0.29, 0.717) is 32.1 Å². The lowest BCUT2D eigenvalue weighted by Gasteiger charge is -2.31. The second-order valence-corrected chi connectivity index (χ2v) is 10.7. The standard InChI is InChI=1S/C29H37N7O5/c1-19-23(17-41-34-19)16-40-26-4-3-22-14-35(8-5-21(22)11-26)15-25(38)13-30-29(39)27-12-28(32-18-31-27)33-24-6-9-36(10-7-24)20(2)37/h3-4,11-12,17-18,24-25,38H,5-10,13-16H2,1-2H3,(H,30,39)(H,31,32,33). The summed E-state index contributed by atoms with van der Waals surface area (Å²) >= 11 is 0. The normalized spacial score (nSPS) is 16.6. The smallest absolute Gasteiger partial charge is 0.270 e. The van der Waals surface area contributed by atoms with Crippen LogP contribution in [0.3, 0.4) is 0 Å². The lowest BCUT2D eigenvalue weighted by atomic mass is 9.99. The molecule has 2 aliphatic heterocycles. The number of nitrogens with one attached hydrogen (secondary N) is 2. The first-order valence-corrected chi connectivity index (χ1v) is 14.0. The van der Waals surface area contributed by atoms with Gasteiger partial charge >= 0.3 is 0 Å². The molecule has 2 aliphatic rings. The van der Waals surface area contributed by atoms with Gasteiger partial charge in [-0.3, -0.25) is 14.5 Å². The van der Waals surface area contributed by atoms with Gasteiger partial charge in [-0.1, -0.05) is 11.2 Å². The van der Waals surface area contributed by atoms with Gasteiger partial charge in [-0.2, -0.15) is 0 Å². The van der Waals surface area contributed by atoms with E-state index in [1.165, 1.54) is 17.5 Å². The Morgan fingerprint density at radius 3 is 2.76 bits per heavy atom. The number of β-amino-alcohol motifs (C(OH)–C–C–N with tert-alkyl or cyclic N) is 1. The van der Waals surface area contributed by atoms with Crippen LogP contribution < -0.4 is 15.4 Å². The molecular formula is C29H37N7O5. The van der Waals surface area contributed by atoms with Crippen molar-refractivity contribution >= 4 is 17.6 Å². The topological polar surface area (TPSA) is 146 Å². The quantitative estimate of drug-likeness (QED) is 0.334. The molecule has 0 bridgehead atoms. The Balaban J connectivity index is 1.05. The summed E-state index contributed by atoms with van der Waals surface area (Å²) in [5.74, 6) is 1.11. The molecule has 3 N–H and O–H groups in total. The number of carbonyl (C=O) groups excluding carboxylic acids is 2. The van der Waals surface area contributed by atoms with E-state index in [4.69, 9.17) is 9.26 Å². The molecule has 12 heteroatoms. The highest BCUT2D eigenvalue weighted by molar-refractivity contribution is 5.92. The number of carbonyl (C=O) groups is 2. The van der Waals surface area contributed by atoms with Crippen LogP contribution in [0.1, 0.15) is 52.6 Å². The van der Waals surface area contributed by atoms with E-state index < -0.39 is 6.10 Å². The largest absolute Gasteiger partial charge is 0.489 e. The minimum Gasteiger partial charge on any atom is -0.489 e. The Hall–Kier alpha value is -4.03. The maximum absolute atomic E-state index is 12.7. The van der Waals surface area contributed by atoms with Crippen LogP contribution in [-0.4, -0.2) is 86.7 Å². The molecule has 41 heavy (non-hydrogen) atoms. The summed E-state index contributed by atoms with van der Waals surface area (Å²) in [6, 6.07) is 7.90. The fourth-order valence-corrected chi connectivity index (χ4v) is 5.22. The monoisotopic (exact) mass is 563 g/mol. The summed E-state index contributed by atoms with van der Waals surface area (Å²) < 4.78 is 10.9. The molecule has 2 amide bonds. The molecule has 0 aliphatic carbocycles. The van der Waals surface area contributed by atoms with Crippen LogP contribution in [0.2, 0.25) is 0 Å². The van der Waals surface area contributed by atoms with E-state index in [1.54, 1.807) is 19.3 Å². The molecule has 218 valence electrons. The molecule has 2 aromatic heterocycles. The highest BCUT2D eigenvalue weighted by atomic mass is 16.5. The maximum Gasteiger partial charge on any atom is 0.270 e. The summed E-state index contributed by atoms with van der Waals surface area (Å²) in [5, 5.41) is 20.6. The number of fused-ring (bicyclic) bond motifs is 1. The summed E-state index contributed by atoms with van der Waals surface area (Å²) in [5.41, 5.74) is 4.43. The van der Waals surface area contributed by atoms with Crippen molar-refractivity contribution in [3.05, 3.63) is 64.9 Å². The third kappa shape index (κ3) is 7.59. The Bertz CT molecular complexity index is 1350. The van der Waals surface area contributed by atoms with E-state index in [2.05, 4.69) is 42.8 Å². The number of aliphatic hydroxyl groups excluding tert-OH is 1. The van der Waals surface area contributed by atoms with Crippen molar-refractivity contribution in [1.82, 2.24) is 30.2 Å². The summed E-state index contributed by atoms with van der Waals surface area (Å²) in [4.78, 5) is 36.6. The van der Waals surface area contributed by atoms with Crippen LogP contribution in [0.25, 0.3) is 0 Å². The highest BCUT2D eigenvalue weighted by Crippen LogP contribution is 2.25. The molecule has 0 saturated carbocycles. The number of likely N-dealkylation sites (tertiary alicyclic amines) is 1. The number of benzene rings is 1. The minimum atomic E-state index is -0.721. The molecule has 1 aromatic carbocycles. The third-order valence-corrected chi connectivity index (χ3v) is 7.67. The zero-order valence-corrected chi connectivity index (χ0v) is 23.5. The highest BCUT2D eigenvalue weighted by Gasteiger charge is 2.22. The number of aromatic nitrogens is 3. The maximum atomic E-state index is 12.7. The Kier molecular flexibility index (Phi) is 9.10. The first kappa shape index (κ1) is 28.5. The molecule has 0 spiro atoms. The molecule has 1 fully saturated rings. The van der Waals surface area contributed by atoms with E-state index in [0.717, 1.165) is 49.4 Å². The lowest BCUT2D eigenvalue weighted by molar-refractivity contribution is -0.129. The number of ether oxygens (including phenoxy) is 1. The number of hydrogen-bond donors (Lipinski definition) is 3. The molecule has 0 radical (unpaired) electrons. The number of amides is 2. The van der Waals surface area contributed by atoms with Gasteiger partial charge < -0.3 is 29.9 Å². The van der Waals surface area contributed by atoms with Crippen LogP contribution in [0.4, 0.5) is 5.82 Å². The second kappa shape index (κ2) is 13.1. The summed E-state index contributed by atoms with van der Waals surface area (Å²) in [7, 11) is 0. The molecule has 1 saturated heterocycles. The Morgan fingerprint density at radius 2 is 2.00 bits per heavy atom. The fourth-order valence-electron chi connectivity index (χ4n) is 5.22. The number of nitrogens with zero attached hydrogens (tertiary/aromatic N) is 5. The van der Waals surface area contributed by atoms with Gasteiger partial charge in [0, 0.05) is 58.3 Å². The van der Waals surface area contributed by atoms with E-state index in [1.807, 2.05) is 17.9 Å². The van der Waals surface area contributed by atoms with Crippen LogP contribution >= 0.6 is 0 Å². The van der Waals surface area contributed by atoms with Gasteiger partial charge in [0.05, 0.1) is 17.4 Å². The van der Waals surface area contributed by atoms with Crippen molar-refractivity contribution in [2.45, 2.75) is 58.4 Å². The third-order valence-electron chi connectivity index (χ3n) is 7.67. The number of rotatable bonds is 10. The van der Waals surface area contributed by atoms with Gasteiger partial charge in [-0.25, -0.2) is 9.97 Å². The first-order chi connectivity index (χ1) is 19.8. The van der Waals surface area contributed by atoms with Crippen molar-refractivity contribution in [3.63, 3.8) is 0 Å². The summed E-state index contributed by atoms with van der Waals surface area (Å²) in [6.45, 7) is 7.37. The fraction of sp³-hybridized carbons (Fsp3) is 0.483. The molecule has 3 aromatic rings. The predicted molar refractivity (Wildman–Crippen MR) is 150 cm³/mol. The number of anilines is 1. The zero-order chi connectivity index (χ0) is 28.8. The second-order valence-electron chi connectivity index (χ2n) is 10.7. The van der Waals surface area contributed by atoms with Gasteiger partial charge in [-0.05, 0) is 49.4 Å². The molecular weight excluding hydrogens is 526 g/mol. The van der Waals surface area contributed by atoms with Gasteiger partial charge in [0.25, 0.3) is 5.91 Å². The van der Waals surface area contributed by atoms with Crippen molar-refractivity contribution in [3.8, 4) is 5.75 Å². The van der Waals surface area contributed by atoms with E-state index in [9.17, 15) is 14.7 Å². The average molecular weight is 564 g/mol. The van der Waals surface area contributed by atoms with Crippen LogP contribution in [0, 0.1) is 6.92 Å². The SMILES string of the molecule is CC(=O)N1CCC(Nc2cc(C(=O)NCC(O)CN3CCc4cc(OCc5conc5C)ccc4C3)ncn2)CC1. The average Bonchev–Trinajstić information content (AvgIpc) is 3.39. The van der Waals surface area contributed by atoms with Gasteiger partial charge in [0.2, 0.25) is 5.91 Å². The van der Waals surface area contributed by atoms with Crippen LogP contribution in [0.5, 0.6) is 5.75 Å². The van der Waals surface area contributed by atoms with Crippen molar-refractivity contribution < 1.29 is 24.0 Å². The molecule has 5 rings (SSSR count). The first-order valence-electron chi connectivity index (χ1n) is 14.0. The van der Waals surface area contributed by atoms with Gasteiger partial charge in [0.1, 0.15) is 36.5 Å². The molecule has 12 nitrogen and oxygen atoms in total. The van der Waals surface area contributed by atoms with E-state index in [-0.39, 0.29) is 30.1 Å². The number of aryl methyl sites for hydroxylation is 1. The zero-order valence-electron chi connectivity index (χ0n) is 23.5. The predicted octanol–water partition coefficient (Wildman–Crippen LogP) is 1.92. The molecule has 1 unspecified atom stereocenters. The van der Waals surface area contributed by atoms with Gasteiger partial charge in [0.15, 0.2) is 0 Å².